The minimum absolute atomic E-state index is 0.149. The lowest BCUT2D eigenvalue weighted by molar-refractivity contribution is 0.0151. The maximum Gasteiger partial charge on any atom is 0.315 e. The van der Waals surface area contributed by atoms with Gasteiger partial charge in [0.1, 0.15) is 5.65 Å². The molecule has 1 unspecified atom stereocenters. The number of imidazole rings is 1. The molecule has 2 heterocycles. The number of amides is 2. The lowest BCUT2D eigenvalue weighted by Gasteiger charge is -2.33. The van der Waals surface area contributed by atoms with Crippen LogP contribution < -0.4 is 10.6 Å². The van der Waals surface area contributed by atoms with Crippen molar-refractivity contribution in [3.63, 3.8) is 0 Å². The minimum atomic E-state index is -0.467. The molecule has 2 rings (SSSR count). The van der Waals surface area contributed by atoms with Gasteiger partial charge in [0.05, 0.1) is 6.10 Å². The summed E-state index contributed by atoms with van der Waals surface area (Å²) in [6.07, 6.45) is 5.06. The Bertz CT molecular complexity index is 663. The quantitative estimate of drug-likeness (QED) is 0.764. The summed E-state index contributed by atoms with van der Waals surface area (Å²) < 4.78 is 1.92. The Morgan fingerprint density at radius 3 is 2.78 bits per heavy atom. The summed E-state index contributed by atoms with van der Waals surface area (Å²) in [4.78, 5) is 16.2. The number of urea groups is 1. The Hall–Kier alpha value is -2.08. The highest BCUT2D eigenvalue weighted by Crippen LogP contribution is 2.24. The van der Waals surface area contributed by atoms with Crippen molar-refractivity contribution >= 4 is 11.7 Å². The van der Waals surface area contributed by atoms with Crippen LogP contribution in [-0.4, -0.2) is 33.2 Å². The molecule has 0 aliphatic heterocycles. The predicted octanol–water partition coefficient (Wildman–Crippen LogP) is 2.18. The SMILES string of the molecule is CC(C)C(O)C(C)(C)CNC(=O)NCc1ccn2ccnc2c1. The zero-order chi connectivity index (χ0) is 17.0. The molecule has 0 saturated heterocycles. The second-order valence-corrected chi connectivity index (χ2v) is 6.94. The Kier molecular flexibility index (Phi) is 5.26. The zero-order valence-corrected chi connectivity index (χ0v) is 14.2. The van der Waals surface area contributed by atoms with Gasteiger partial charge in [0, 0.05) is 37.1 Å². The molecule has 6 nitrogen and oxygen atoms in total. The van der Waals surface area contributed by atoms with Gasteiger partial charge >= 0.3 is 6.03 Å². The molecule has 0 aromatic carbocycles. The Morgan fingerprint density at radius 1 is 1.35 bits per heavy atom. The van der Waals surface area contributed by atoms with Gasteiger partial charge in [-0.2, -0.15) is 0 Å². The molecule has 0 radical (unpaired) electrons. The average Bonchev–Trinajstić information content (AvgIpc) is 2.97. The molecule has 6 heteroatoms. The molecule has 126 valence electrons. The van der Waals surface area contributed by atoms with Gasteiger partial charge in [-0.1, -0.05) is 27.7 Å². The van der Waals surface area contributed by atoms with Crippen molar-refractivity contribution in [3.05, 3.63) is 36.3 Å². The number of hydrogen-bond acceptors (Lipinski definition) is 3. The van der Waals surface area contributed by atoms with Crippen molar-refractivity contribution in [1.82, 2.24) is 20.0 Å². The van der Waals surface area contributed by atoms with Crippen LogP contribution in [0.2, 0.25) is 0 Å². The van der Waals surface area contributed by atoms with E-state index in [2.05, 4.69) is 15.6 Å². The van der Waals surface area contributed by atoms with Crippen LogP contribution in [-0.2, 0) is 6.54 Å². The highest BCUT2D eigenvalue weighted by atomic mass is 16.3. The van der Waals surface area contributed by atoms with E-state index in [0.717, 1.165) is 11.2 Å². The molecule has 0 aliphatic rings. The zero-order valence-electron chi connectivity index (χ0n) is 14.2. The number of fused-ring (bicyclic) bond motifs is 1. The summed E-state index contributed by atoms with van der Waals surface area (Å²) in [5.74, 6) is 0.149. The fourth-order valence-corrected chi connectivity index (χ4v) is 2.62. The number of aromatic nitrogens is 2. The third-order valence-electron chi connectivity index (χ3n) is 4.05. The number of pyridine rings is 1. The van der Waals surface area contributed by atoms with Crippen molar-refractivity contribution in [2.75, 3.05) is 6.54 Å². The van der Waals surface area contributed by atoms with E-state index in [4.69, 9.17) is 0 Å². The molecule has 2 amide bonds. The normalized spacial score (nSPS) is 13.3. The summed E-state index contributed by atoms with van der Waals surface area (Å²) in [7, 11) is 0. The fraction of sp³-hybridized carbons (Fsp3) is 0.529. The molecule has 0 spiro atoms. The highest BCUT2D eigenvalue weighted by Gasteiger charge is 2.30. The molecular formula is C17H26N4O2. The van der Waals surface area contributed by atoms with Crippen molar-refractivity contribution in [2.24, 2.45) is 11.3 Å². The van der Waals surface area contributed by atoms with E-state index in [1.54, 1.807) is 6.20 Å². The summed E-state index contributed by atoms with van der Waals surface area (Å²) in [5.41, 5.74) is 1.46. The number of aliphatic hydroxyl groups is 1. The Labute approximate surface area is 136 Å². The maximum absolute atomic E-state index is 11.9. The van der Waals surface area contributed by atoms with Crippen LogP contribution in [0.1, 0.15) is 33.3 Å². The van der Waals surface area contributed by atoms with E-state index < -0.39 is 6.10 Å². The van der Waals surface area contributed by atoms with Gasteiger partial charge in [-0.3, -0.25) is 0 Å². The molecule has 1 atom stereocenters. The summed E-state index contributed by atoms with van der Waals surface area (Å²) in [5, 5.41) is 15.8. The first-order chi connectivity index (χ1) is 10.8. The molecular weight excluding hydrogens is 292 g/mol. The van der Waals surface area contributed by atoms with Gasteiger partial charge in [-0.15, -0.1) is 0 Å². The van der Waals surface area contributed by atoms with Gasteiger partial charge in [0.15, 0.2) is 0 Å². The van der Waals surface area contributed by atoms with Gasteiger partial charge in [0.25, 0.3) is 0 Å². The van der Waals surface area contributed by atoms with E-state index in [9.17, 15) is 9.90 Å². The smallest absolute Gasteiger partial charge is 0.315 e. The van der Waals surface area contributed by atoms with Crippen LogP contribution in [0.4, 0.5) is 4.79 Å². The average molecular weight is 318 g/mol. The van der Waals surface area contributed by atoms with Gasteiger partial charge in [-0.25, -0.2) is 9.78 Å². The highest BCUT2D eigenvalue weighted by molar-refractivity contribution is 5.73. The molecule has 3 N–H and O–H groups in total. The van der Waals surface area contributed by atoms with Crippen LogP contribution in [0.25, 0.3) is 5.65 Å². The van der Waals surface area contributed by atoms with Crippen LogP contribution in [0.5, 0.6) is 0 Å². The summed E-state index contributed by atoms with van der Waals surface area (Å²) >= 11 is 0. The minimum Gasteiger partial charge on any atom is -0.392 e. The molecule has 23 heavy (non-hydrogen) atoms. The van der Waals surface area contributed by atoms with Gasteiger partial charge < -0.3 is 20.1 Å². The molecule has 2 aromatic heterocycles. The predicted molar refractivity (Wildman–Crippen MR) is 90.1 cm³/mol. The monoisotopic (exact) mass is 318 g/mol. The standard InChI is InChI=1S/C17H26N4O2/c1-12(2)15(22)17(3,4)11-20-16(23)19-10-13-5-7-21-8-6-18-14(21)9-13/h5-9,12,15,22H,10-11H2,1-4H3,(H2,19,20,23). The van der Waals surface area contributed by atoms with E-state index in [-0.39, 0.29) is 17.4 Å². The Balaban J connectivity index is 1.83. The van der Waals surface area contributed by atoms with Gasteiger partial charge in [-0.05, 0) is 23.6 Å². The maximum atomic E-state index is 11.9. The van der Waals surface area contributed by atoms with Gasteiger partial charge in [0.2, 0.25) is 0 Å². The summed E-state index contributed by atoms with van der Waals surface area (Å²) in [6, 6.07) is 3.64. The molecule has 0 bridgehead atoms. The number of nitrogens with zero attached hydrogens (tertiary/aromatic N) is 2. The first kappa shape index (κ1) is 17.3. The third-order valence-corrected chi connectivity index (χ3v) is 4.05. The first-order valence-corrected chi connectivity index (χ1v) is 7.91. The molecule has 0 aliphatic carbocycles. The number of aliphatic hydroxyl groups excluding tert-OH is 1. The largest absolute Gasteiger partial charge is 0.392 e. The Morgan fingerprint density at radius 2 is 2.09 bits per heavy atom. The van der Waals surface area contributed by atoms with Crippen molar-refractivity contribution in [1.29, 1.82) is 0 Å². The number of rotatable bonds is 6. The lowest BCUT2D eigenvalue weighted by Crippen LogP contribution is -2.46. The molecule has 2 aromatic rings. The second kappa shape index (κ2) is 7.00. The third kappa shape index (κ3) is 4.45. The topological polar surface area (TPSA) is 78.7 Å². The number of carbonyl (C=O) groups is 1. The molecule has 0 saturated carbocycles. The van der Waals surface area contributed by atoms with Crippen molar-refractivity contribution in [2.45, 2.75) is 40.3 Å². The van der Waals surface area contributed by atoms with E-state index >= 15 is 0 Å². The fourth-order valence-electron chi connectivity index (χ4n) is 2.62. The first-order valence-electron chi connectivity index (χ1n) is 7.91. The van der Waals surface area contributed by atoms with Crippen molar-refractivity contribution < 1.29 is 9.90 Å². The van der Waals surface area contributed by atoms with Crippen LogP contribution in [0, 0.1) is 11.3 Å². The number of carbonyl (C=O) groups excluding carboxylic acids is 1. The second-order valence-electron chi connectivity index (χ2n) is 6.94. The van der Waals surface area contributed by atoms with E-state index in [1.165, 1.54) is 0 Å². The van der Waals surface area contributed by atoms with Crippen LogP contribution in [0.15, 0.2) is 30.7 Å². The van der Waals surface area contributed by atoms with Crippen LogP contribution in [0.3, 0.4) is 0 Å². The van der Waals surface area contributed by atoms with E-state index in [1.807, 2.05) is 56.6 Å². The summed E-state index contributed by atoms with van der Waals surface area (Å²) in [6.45, 7) is 8.69. The van der Waals surface area contributed by atoms with E-state index in [0.29, 0.717) is 13.1 Å². The lowest BCUT2D eigenvalue weighted by atomic mass is 9.81. The number of nitrogens with one attached hydrogen (secondary N) is 2. The van der Waals surface area contributed by atoms with Crippen LogP contribution >= 0.6 is 0 Å². The molecule has 0 fully saturated rings. The number of hydrogen-bond donors (Lipinski definition) is 3. The van der Waals surface area contributed by atoms with Crippen molar-refractivity contribution in [3.8, 4) is 0 Å².